The highest BCUT2D eigenvalue weighted by molar-refractivity contribution is 5.80. The van der Waals surface area contributed by atoms with Crippen LogP contribution in [0.4, 0.5) is 4.39 Å². The van der Waals surface area contributed by atoms with E-state index in [9.17, 15) is 14.3 Å². The lowest BCUT2D eigenvalue weighted by molar-refractivity contribution is -0.127. The molecule has 25 heavy (non-hydrogen) atoms. The van der Waals surface area contributed by atoms with Crippen molar-refractivity contribution in [2.24, 2.45) is 0 Å². The van der Waals surface area contributed by atoms with E-state index >= 15 is 0 Å². The summed E-state index contributed by atoms with van der Waals surface area (Å²) >= 11 is 0. The van der Waals surface area contributed by atoms with E-state index < -0.39 is 0 Å². The zero-order valence-corrected chi connectivity index (χ0v) is 14.4. The number of aliphatic hydroxyl groups excluding tert-OH is 1. The lowest BCUT2D eigenvalue weighted by Crippen LogP contribution is -2.36. The molecule has 2 N–H and O–H groups in total. The topological polar surface area (TPSA) is 52.6 Å². The largest absolute Gasteiger partial charge is 0.392 e. The minimum atomic E-state index is -0.283. The average molecular weight is 342 g/mol. The summed E-state index contributed by atoms with van der Waals surface area (Å²) < 4.78 is 13.2. The molecule has 3 atom stereocenters. The third-order valence-corrected chi connectivity index (χ3v) is 4.90. The van der Waals surface area contributed by atoms with E-state index in [1.807, 2.05) is 31.2 Å². The van der Waals surface area contributed by atoms with Gasteiger partial charge >= 0.3 is 0 Å². The smallest absolute Gasteiger partial charge is 0.224 e. The molecule has 1 aliphatic heterocycles. The average Bonchev–Trinajstić information content (AvgIpc) is 2.89. The van der Waals surface area contributed by atoms with Crippen molar-refractivity contribution < 1.29 is 14.3 Å². The van der Waals surface area contributed by atoms with E-state index in [4.69, 9.17) is 0 Å². The highest BCUT2D eigenvalue weighted by Gasteiger charge is 2.39. The highest BCUT2D eigenvalue weighted by atomic mass is 19.1. The molecular weight excluding hydrogens is 319 g/mol. The van der Waals surface area contributed by atoms with Crippen molar-refractivity contribution in [2.45, 2.75) is 38.1 Å². The summed E-state index contributed by atoms with van der Waals surface area (Å²) in [7, 11) is 1.79. The molecule has 0 bridgehead atoms. The zero-order chi connectivity index (χ0) is 18.0. The van der Waals surface area contributed by atoms with Crippen LogP contribution in [0.25, 0.3) is 0 Å². The molecule has 1 fully saturated rings. The lowest BCUT2D eigenvalue weighted by atomic mass is 9.98. The predicted octanol–water partition coefficient (Wildman–Crippen LogP) is 2.94. The van der Waals surface area contributed by atoms with Gasteiger partial charge in [-0.2, -0.15) is 0 Å². The quantitative estimate of drug-likeness (QED) is 0.878. The van der Waals surface area contributed by atoms with E-state index in [-0.39, 0.29) is 36.5 Å². The van der Waals surface area contributed by atoms with Crippen LogP contribution in [0.3, 0.4) is 0 Å². The SMILES string of the molecule is C[C@H](N[C@@H]1CC(=O)N(C)[C@H]1c1ccc(F)cc1)c1cccc(CO)c1. The second kappa shape index (κ2) is 7.33. The summed E-state index contributed by atoms with van der Waals surface area (Å²) in [4.78, 5) is 14.0. The predicted molar refractivity (Wildman–Crippen MR) is 94.2 cm³/mol. The van der Waals surface area contributed by atoms with Crippen molar-refractivity contribution in [1.82, 2.24) is 10.2 Å². The molecule has 4 nitrogen and oxygen atoms in total. The van der Waals surface area contributed by atoms with Crippen molar-refractivity contribution in [3.05, 3.63) is 71.0 Å². The van der Waals surface area contributed by atoms with Crippen LogP contribution in [-0.4, -0.2) is 29.0 Å². The molecule has 0 spiro atoms. The number of carbonyl (C=O) groups excluding carboxylic acids is 1. The van der Waals surface area contributed by atoms with Crippen molar-refractivity contribution in [3.8, 4) is 0 Å². The Morgan fingerprint density at radius 1 is 1.28 bits per heavy atom. The molecule has 1 aliphatic rings. The number of benzene rings is 2. The molecule has 5 heteroatoms. The third kappa shape index (κ3) is 3.72. The van der Waals surface area contributed by atoms with Gasteiger partial charge in [0.05, 0.1) is 12.6 Å². The monoisotopic (exact) mass is 342 g/mol. The minimum absolute atomic E-state index is 0.00339. The van der Waals surface area contributed by atoms with Gasteiger partial charge in [0.25, 0.3) is 0 Å². The van der Waals surface area contributed by atoms with Gasteiger partial charge < -0.3 is 15.3 Å². The molecule has 2 aromatic rings. The Kier molecular flexibility index (Phi) is 5.16. The number of amides is 1. The molecule has 0 unspecified atom stereocenters. The van der Waals surface area contributed by atoms with Gasteiger partial charge in [-0.05, 0) is 35.7 Å². The fourth-order valence-corrected chi connectivity index (χ4v) is 3.51. The van der Waals surface area contributed by atoms with Gasteiger partial charge in [0, 0.05) is 25.6 Å². The van der Waals surface area contributed by atoms with Crippen LogP contribution in [0.5, 0.6) is 0 Å². The number of likely N-dealkylation sites (N-methyl/N-ethyl adjacent to an activating group) is 1. The maximum atomic E-state index is 13.2. The first-order valence-electron chi connectivity index (χ1n) is 8.46. The number of halogens is 1. The molecule has 1 saturated heterocycles. The van der Waals surface area contributed by atoms with Crippen LogP contribution in [0, 0.1) is 5.82 Å². The number of hydrogen-bond donors (Lipinski definition) is 2. The van der Waals surface area contributed by atoms with Crippen molar-refractivity contribution >= 4 is 5.91 Å². The number of likely N-dealkylation sites (tertiary alicyclic amines) is 1. The fraction of sp³-hybridized carbons (Fsp3) is 0.350. The van der Waals surface area contributed by atoms with Gasteiger partial charge in [0.15, 0.2) is 0 Å². The summed E-state index contributed by atoms with van der Waals surface area (Å²) in [5, 5.41) is 12.8. The number of aliphatic hydroxyl groups is 1. The Morgan fingerprint density at radius 3 is 2.68 bits per heavy atom. The maximum Gasteiger partial charge on any atom is 0.224 e. The standard InChI is InChI=1S/C20H23FN2O2/c1-13(16-5-3-4-14(10-16)12-24)22-18-11-19(25)23(2)20(18)15-6-8-17(21)9-7-15/h3-10,13,18,20,22,24H,11-12H2,1-2H3/t13-,18+,20-/m0/s1. The van der Waals surface area contributed by atoms with Gasteiger partial charge in [-0.15, -0.1) is 0 Å². The number of rotatable bonds is 5. The van der Waals surface area contributed by atoms with E-state index in [0.29, 0.717) is 6.42 Å². The number of nitrogens with zero attached hydrogens (tertiary/aromatic N) is 1. The van der Waals surface area contributed by atoms with Gasteiger partial charge in [-0.25, -0.2) is 4.39 Å². The maximum absolute atomic E-state index is 13.2. The van der Waals surface area contributed by atoms with Crippen molar-refractivity contribution in [2.75, 3.05) is 7.05 Å². The number of carbonyl (C=O) groups is 1. The minimum Gasteiger partial charge on any atom is -0.392 e. The number of hydrogen-bond acceptors (Lipinski definition) is 3. The van der Waals surface area contributed by atoms with Crippen LogP contribution in [0.15, 0.2) is 48.5 Å². The van der Waals surface area contributed by atoms with Gasteiger partial charge in [-0.1, -0.05) is 36.4 Å². The summed E-state index contributed by atoms with van der Waals surface area (Å²) in [6.45, 7) is 2.05. The molecule has 0 saturated carbocycles. The Morgan fingerprint density at radius 2 is 2.00 bits per heavy atom. The van der Waals surface area contributed by atoms with E-state index in [1.165, 1.54) is 12.1 Å². The first-order valence-corrected chi connectivity index (χ1v) is 8.46. The Labute approximate surface area is 147 Å². The van der Waals surface area contributed by atoms with Gasteiger partial charge in [0.1, 0.15) is 5.82 Å². The van der Waals surface area contributed by atoms with E-state index in [0.717, 1.165) is 16.7 Å². The van der Waals surface area contributed by atoms with Crippen molar-refractivity contribution in [3.63, 3.8) is 0 Å². The number of nitrogens with one attached hydrogen (secondary N) is 1. The van der Waals surface area contributed by atoms with Gasteiger partial charge in [0.2, 0.25) is 5.91 Å². The summed E-state index contributed by atoms with van der Waals surface area (Å²) in [5.74, 6) is -0.211. The molecular formula is C20H23FN2O2. The normalized spacial score (nSPS) is 21.6. The second-order valence-electron chi connectivity index (χ2n) is 6.60. The molecule has 2 aromatic carbocycles. The molecule has 132 valence electrons. The molecule has 0 aromatic heterocycles. The fourth-order valence-electron chi connectivity index (χ4n) is 3.51. The summed E-state index contributed by atoms with van der Waals surface area (Å²) in [6.07, 6.45) is 0.405. The van der Waals surface area contributed by atoms with E-state index in [1.54, 1.807) is 24.1 Å². The summed E-state index contributed by atoms with van der Waals surface area (Å²) in [6, 6.07) is 13.9. The Bertz CT molecular complexity index is 748. The molecule has 0 aliphatic carbocycles. The second-order valence-corrected chi connectivity index (χ2v) is 6.60. The molecule has 3 rings (SSSR count). The van der Waals surface area contributed by atoms with Crippen molar-refractivity contribution in [1.29, 1.82) is 0 Å². The van der Waals surface area contributed by atoms with Crippen LogP contribution in [0.1, 0.15) is 42.1 Å². The zero-order valence-electron chi connectivity index (χ0n) is 14.4. The molecule has 1 amide bonds. The first-order chi connectivity index (χ1) is 12.0. The third-order valence-electron chi connectivity index (χ3n) is 4.90. The van der Waals surface area contributed by atoms with E-state index in [2.05, 4.69) is 5.32 Å². The van der Waals surface area contributed by atoms with Crippen LogP contribution >= 0.6 is 0 Å². The molecule has 0 radical (unpaired) electrons. The summed E-state index contributed by atoms with van der Waals surface area (Å²) in [5.41, 5.74) is 2.84. The van der Waals surface area contributed by atoms with Crippen LogP contribution < -0.4 is 5.32 Å². The van der Waals surface area contributed by atoms with Crippen LogP contribution in [-0.2, 0) is 11.4 Å². The Hall–Kier alpha value is -2.24. The highest BCUT2D eigenvalue weighted by Crippen LogP contribution is 2.33. The first kappa shape index (κ1) is 17.6. The molecule has 1 heterocycles. The Balaban J connectivity index is 1.81. The van der Waals surface area contributed by atoms with Gasteiger partial charge in [-0.3, -0.25) is 4.79 Å². The van der Waals surface area contributed by atoms with Crippen LogP contribution in [0.2, 0.25) is 0 Å². The lowest BCUT2D eigenvalue weighted by Gasteiger charge is -2.28.